The third-order valence-electron chi connectivity index (χ3n) is 5.72. The van der Waals surface area contributed by atoms with E-state index in [0.29, 0.717) is 26.2 Å². The fourth-order valence-corrected chi connectivity index (χ4v) is 5.40. The average Bonchev–Trinajstić information content (AvgIpc) is 3.05. The van der Waals surface area contributed by atoms with Crippen LogP contribution in [0.3, 0.4) is 0 Å². The van der Waals surface area contributed by atoms with E-state index in [1.165, 1.54) is 21.0 Å². The Morgan fingerprint density at radius 2 is 2.00 bits per heavy atom. The van der Waals surface area contributed by atoms with Crippen LogP contribution in [0.4, 0.5) is 0 Å². The maximum atomic E-state index is 12.2. The van der Waals surface area contributed by atoms with E-state index in [2.05, 4.69) is 36.9 Å². The van der Waals surface area contributed by atoms with Crippen molar-refractivity contribution in [3.8, 4) is 0 Å². The predicted molar refractivity (Wildman–Crippen MR) is 95.8 cm³/mol. The van der Waals surface area contributed by atoms with Crippen molar-refractivity contribution < 1.29 is 18.3 Å². The van der Waals surface area contributed by atoms with Gasteiger partial charge in [-0.25, -0.2) is 12.7 Å². The summed E-state index contributed by atoms with van der Waals surface area (Å²) in [5, 5.41) is 9.86. The highest BCUT2D eigenvalue weighted by Crippen LogP contribution is 2.44. The molecule has 2 heterocycles. The average molecular weight is 366 g/mol. The monoisotopic (exact) mass is 366 g/mol. The molecule has 0 radical (unpaired) electrons. The lowest BCUT2D eigenvalue weighted by Gasteiger charge is -2.25. The van der Waals surface area contributed by atoms with Crippen LogP contribution in [0.1, 0.15) is 23.6 Å². The summed E-state index contributed by atoms with van der Waals surface area (Å²) in [6, 6.07) is 6.30. The first-order valence-electron chi connectivity index (χ1n) is 8.67. The fourth-order valence-electron chi connectivity index (χ4n) is 4.20. The number of hydrogen-bond acceptors (Lipinski definition) is 4. The first-order chi connectivity index (χ1) is 11.7. The van der Waals surface area contributed by atoms with Crippen LogP contribution in [-0.4, -0.2) is 60.6 Å². The molecule has 138 valence electrons. The second-order valence-corrected chi connectivity index (χ2v) is 9.71. The summed E-state index contributed by atoms with van der Waals surface area (Å²) in [5.41, 5.74) is 2.63. The van der Waals surface area contributed by atoms with E-state index < -0.39 is 21.4 Å². The maximum absolute atomic E-state index is 12.2. The van der Waals surface area contributed by atoms with Gasteiger partial charge in [-0.1, -0.05) is 23.8 Å². The van der Waals surface area contributed by atoms with Crippen molar-refractivity contribution in [2.45, 2.75) is 27.3 Å². The Morgan fingerprint density at radius 1 is 1.28 bits per heavy atom. The number of sulfonamides is 1. The van der Waals surface area contributed by atoms with Crippen LogP contribution in [0.2, 0.25) is 0 Å². The number of rotatable bonds is 5. The number of fused-ring (bicyclic) bond motifs is 1. The molecule has 1 aromatic rings. The number of carbonyl (C=O) groups is 1. The van der Waals surface area contributed by atoms with Gasteiger partial charge in [0.1, 0.15) is 0 Å². The van der Waals surface area contributed by atoms with Crippen molar-refractivity contribution in [3.05, 3.63) is 34.9 Å². The van der Waals surface area contributed by atoms with Crippen molar-refractivity contribution in [1.82, 2.24) is 9.21 Å². The summed E-state index contributed by atoms with van der Waals surface area (Å²) in [6.45, 7) is 7.85. The van der Waals surface area contributed by atoms with E-state index in [0.717, 1.165) is 0 Å². The van der Waals surface area contributed by atoms with Gasteiger partial charge in [0.2, 0.25) is 10.0 Å². The molecule has 2 atom stereocenters. The zero-order valence-electron chi connectivity index (χ0n) is 15.0. The highest BCUT2D eigenvalue weighted by molar-refractivity contribution is 7.89. The first-order valence-corrected chi connectivity index (χ1v) is 10.3. The van der Waals surface area contributed by atoms with E-state index >= 15 is 0 Å². The Morgan fingerprint density at radius 3 is 2.56 bits per heavy atom. The first kappa shape index (κ1) is 18.4. The highest BCUT2D eigenvalue weighted by atomic mass is 32.2. The number of nitrogens with zero attached hydrogens (tertiary/aromatic N) is 2. The van der Waals surface area contributed by atoms with Crippen LogP contribution in [0.15, 0.2) is 18.2 Å². The lowest BCUT2D eigenvalue weighted by Crippen LogP contribution is -2.42. The standard InChI is InChI=1S/C18H26N2O4S/c1-4-25(23,24)20-10-16-9-19(11-18(16,12-20)17(21)22)8-15-6-5-13(2)7-14(15)3/h5-7,16H,4,8-12H2,1-3H3,(H,21,22)/t16?,18-/m0/s1. The number of aryl methyl sites for hydroxylation is 2. The molecule has 0 amide bonds. The molecule has 0 bridgehead atoms. The zero-order chi connectivity index (χ0) is 18.4. The quantitative estimate of drug-likeness (QED) is 0.854. The van der Waals surface area contributed by atoms with Gasteiger partial charge in [0.15, 0.2) is 0 Å². The summed E-state index contributed by atoms with van der Waals surface area (Å²) < 4.78 is 25.7. The largest absolute Gasteiger partial charge is 0.481 e. The fraction of sp³-hybridized carbons (Fsp3) is 0.611. The number of benzene rings is 1. The van der Waals surface area contributed by atoms with Gasteiger partial charge in [-0.15, -0.1) is 0 Å². The molecular weight excluding hydrogens is 340 g/mol. The van der Waals surface area contributed by atoms with Crippen molar-refractivity contribution >= 4 is 16.0 Å². The summed E-state index contributed by atoms with van der Waals surface area (Å²) in [4.78, 5) is 14.2. The lowest BCUT2D eigenvalue weighted by atomic mass is 9.81. The SMILES string of the molecule is CCS(=O)(=O)N1CC2CN(Cc3ccc(C)cc3C)C[C@]2(C(=O)O)C1. The topological polar surface area (TPSA) is 77.9 Å². The Bertz CT molecular complexity index is 792. The van der Waals surface area contributed by atoms with Gasteiger partial charge in [-0.05, 0) is 31.9 Å². The molecule has 0 saturated carbocycles. The van der Waals surface area contributed by atoms with E-state index in [4.69, 9.17) is 0 Å². The van der Waals surface area contributed by atoms with Crippen LogP contribution >= 0.6 is 0 Å². The van der Waals surface area contributed by atoms with E-state index in [1.54, 1.807) is 6.92 Å². The normalized spacial score (nSPS) is 27.6. The third-order valence-corrected chi connectivity index (χ3v) is 7.52. The minimum absolute atomic E-state index is 0.0156. The molecule has 2 aliphatic rings. The molecule has 7 heteroatoms. The molecule has 2 saturated heterocycles. The van der Waals surface area contributed by atoms with E-state index in [9.17, 15) is 18.3 Å². The minimum atomic E-state index is -3.35. The highest BCUT2D eigenvalue weighted by Gasteiger charge is 2.59. The third kappa shape index (κ3) is 3.20. The van der Waals surface area contributed by atoms with Gasteiger partial charge in [0.25, 0.3) is 0 Å². The van der Waals surface area contributed by atoms with Gasteiger partial charge in [0, 0.05) is 38.6 Å². The molecule has 3 rings (SSSR count). The molecule has 1 unspecified atom stereocenters. The second-order valence-electron chi connectivity index (χ2n) is 7.45. The van der Waals surface area contributed by atoms with Crippen LogP contribution in [0.25, 0.3) is 0 Å². The molecule has 0 aromatic heterocycles. The molecule has 1 aromatic carbocycles. The minimum Gasteiger partial charge on any atom is -0.481 e. The second kappa shape index (κ2) is 6.37. The van der Waals surface area contributed by atoms with Crippen LogP contribution in [-0.2, 0) is 21.4 Å². The maximum Gasteiger partial charge on any atom is 0.312 e. The zero-order valence-corrected chi connectivity index (χ0v) is 15.8. The van der Waals surface area contributed by atoms with Crippen LogP contribution in [0.5, 0.6) is 0 Å². The number of likely N-dealkylation sites (tertiary alicyclic amines) is 1. The summed E-state index contributed by atoms with van der Waals surface area (Å²) in [5.74, 6) is -1.02. The number of hydrogen-bond donors (Lipinski definition) is 1. The summed E-state index contributed by atoms with van der Waals surface area (Å²) in [7, 11) is -3.35. The molecule has 6 nitrogen and oxygen atoms in total. The predicted octanol–water partition coefficient (Wildman–Crippen LogP) is 1.47. The molecular formula is C18H26N2O4S. The Hall–Kier alpha value is -1.44. The van der Waals surface area contributed by atoms with Gasteiger partial charge >= 0.3 is 5.97 Å². The van der Waals surface area contributed by atoms with E-state index in [-0.39, 0.29) is 18.2 Å². The molecule has 0 aliphatic carbocycles. The molecule has 2 fully saturated rings. The molecule has 25 heavy (non-hydrogen) atoms. The Labute approximate surface area is 149 Å². The van der Waals surface area contributed by atoms with Crippen molar-refractivity contribution in [1.29, 1.82) is 0 Å². The smallest absolute Gasteiger partial charge is 0.312 e. The molecule has 0 spiro atoms. The summed E-state index contributed by atoms with van der Waals surface area (Å²) >= 11 is 0. The van der Waals surface area contributed by atoms with Gasteiger partial charge in [-0.3, -0.25) is 9.69 Å². The van der Waals surface area contributed by atoms with E-state index in [1.807, 2.05) is 0 Å². The number of carboxylic acid groups (broad SMARTS) is 1. The Balaban J connectivity index is 1.79. The molecule has 1 N–H and O–H groups in total. The van der Waals surface area contributed by atoms with Crippen LogP contribution < -0.4 is 0 Å². The lowest BCUT2D eigenvalue weighted by molar-refractivity contribution is -0.148. The Kier molecular flexibility index (Phi) is 4.68. The van der Waals surface area contributed by atoms with Crippen LogP contribution in [0, 0.1) is 25.2 Å². The van der Waals surface area contributed by atoms with Gasteiger partial charge < -0.3 is 5.11 Å². The van der Waals surface area contributed by atoms with Crippen molar-refractivity contribution in [3.63, 3.8) is 0 Å². The van der Waals surface area contributed by atoms with Gasteiger partial charge in [-0.2, -0.15) is 0 Å². The van der Waals surface area contributed by atoms with Crippen molar-refractivity contribution in [2.24, 2.45) is 11.3 Å². The van der Waals surface area contributed by atoms with Gasteiger partial charge in [0.05, 0.1) is 11.2 Å². The molecule has 2 aliphatic heterocycles. The number of carboxylic acids is 1. The number of aliphatic carboxylic acids is 1. The van der Waals surface area contributed by atoms with Crippen molar-refractivity contribution in [2.75, 3.05) is 31.9 Å². The summed E-state index contributed by atoms with van der Waals surface area (Å²) in [6.07, 6.45) is 0.